The fourth-order valence-electron chi connectivity index (χ4n) is 3.03. The number of benzene rings is 3. The van der Waals surface area contributed by atoms with E-state index in [1.807, 2.05) is 56.3 Å². The largest absolute Gasteiger partial charge is 0.324 e. The van der Waals surface area contributed by atoms with E-state index in [4.69, 9.17) is 0 Å². The molecule has 0 saturated carbocycles. The van der Waals surface area contributed by atoms with Crippen LogP contribution in [-0.4, -0.2) is 26.1 Å². The Hall–Kier alpha value is -4.38. The number of nitrogens with one attached hydrogen (secondary N) is 3. The van der Waals surface area contributed by atoms with Crippen molar-refractivity contribution >= 4 is 57.1 Å². The van der Waals surface area contributed by atoms with Crippen LogP contribution >= 0.6 is 15.9 Å². The molecule has 4 aromatic rings. The second kappa shape index (κ2) is 10.7. The summed E-state index contributed by atoms with van der Waals surface area (Å²) >= 11 is 3.43. The highest BCUT2D eigenvalue weighted by Gasteiger charge is 2.10. The zero-order valence-corrected chi connectivity index (χ0v) is 20.4. The first-order chi connectivity index (χ1) is 16.9. The van der Waals surface area contributed by atoms with E-state index in [9.17, 15) is 10.1 Å². The normalized spacial score (nSPS) is 10.8. The van der Waals surface area contributed by atoms with Crippen molar-refractivity contribution in [3.63, 3.8) is 0 Å². The third kappa shape index (κ3) is 6.58. The summed E-state index contributed by atoms with van der Waals surface area (Å²) < 4.78 is 0.941. The van der Waals surface area contributed by atoms with E-state index in [0.717, 1.165) is 21.3 Å². The van der Waals surface area contributed by atoms with Crippen molar-refractivity contribution in [3.05, 3.63) is 98.0 Å². The van der Waals surface area contributed by atoms with E-state index in [-0.39, 0.29) is 17.6 Å². The van der Waals surface area contributed by atoms with Gasteiger partial charge in [-0.25, -0.2) is 5.43 Å². The Bertz CT molecular complexity index is 1390. The molecule has 0 aliphatic rings. The molecule has 0 aliphatic heterocycles. The molecule has 3 aromatic carbocycles. The Balaban J connectivity index is 1.60. The zero-order valence-electron chi connectivity index (χ0n) is 18.9. The van der Waals surface area contributed by atoms with E-state index in [0.29, 0.717) is 11.6 Å². The van der Waals surface area contributed by atoms with Gasteiger partial charge in [-0.05, 0) is 66.9 Å². The molecule has 0 atom stereocenters. The van der Waals surface area contributed by atoms with Crippen molar-refractivity contribution < 1.29 is 4.92 Å². The summed E-state index contributed by atoms with van der Waals surface area (Å²) in [6, 6.07) is 19.6. The number of aromatic nitrogens is 3. The van der Waals surface area contributed by atoms with Gasteiger partial charge in [0.05, 0.1) is 11.1 Å². The SMILES string of the molecule is Cc1ccc(Nc2nc(N/N=C\c3cccc(Br)c3)nc(Nc3ccc([N+](=O)[O-])cc3)n2)cc1C. The van der Waals surface area contributed by atoms with Gasteiger partial charge in [0, 0.05) is 28.0 Å². The smallest absolute Gasteiger partial charge is 0.269 e. The minimum absolute atomic E-state index is 0.00691. The molecular weight excluding hydrogens is 512 g/mol. The second-order valence-electron chi connectivity index (χ2n) is 7.58. The first kappa shape index (κ1) is 23.8. The number of aryl methyl sites for hydroxylation is 2. The van der Waals surface area contributed by atoms with Gasteiger partial charge in [-0.3, -0.25) is 10.1 Å². The van der Waals surface area contributed by atoms with Crippen LogP contribution in [0, 0.1) is 24.0 Å². The molecule has 0 saturated heterocycles. The Labute approximate surface area is 209 Å². The van der Waals surface area contributed by atoms with Gasteiger partial charge in [0.2, 0.25) is 17.8 Å². The van der Waals surface area contributed by atoms with Crippen LogP contribution in [-0.2, 0) is 0 Å². The van der Waals surface area contributed by atoms with Crippen molar-refractivity contribution in [3.8, 4) is 0 Å². The highest BCUT2D eigenvalue weighted by Crippen LogP contribution is 2.22. The standard InChI is InChI=1S/C24H21BrN8O2/c1-15-6-7-20(12-16(15)2)28-23-29-22(27-19-8-10-21(11-9-19)33(34)35)30-24(31-23)32-26-14-17-4-3-5-18(25)13-17/h3-14H,1-2H3,(H3,27,28,29,30,31,32)/b26-14-. The van der Waals surface area contributed by atoms with Crippen molar-refractivity contribution in [2.24, 2.45) is 5.10 Å². The Morgan fingerprint density at radius 2 is 1.51 bits per heavy atom. The fourth-order valence-corrected chi connectivity index (χ4v) is 3.45. The van der Waals surface area contributed by atoms with Crippen LogP contribution in [0.1, 0.15) is 16.7 Å². The van der Waals surface area contributed by atoms with Crippen LogP contribution in [0.2, 0.25) is 0 Å². The van der Waals surface area contributed by atoms with Crippen LogP contribution in [0.4, 0.5) is 34.9 Å². The van der Waals surface area contributed by atoms with Gasteiger partial charge in [-0.2, -0.15) is 20.1 Å². The van der Waals surface area contributed by atoms with Gasteiger partial charge in [-0.1, -0.05) is 34.1 Å². The van der Waals surface area contributed by atoms with Crippen LogP contribution in [0.5, 0.6) is 0 Å². The molecule has 0 spiro atoms. The van der Waals surface area contributed by atoms with E-state index in [2.05, 4.69) is 52.0 Å². The van der Waals surface area contributed by atoms with Crippen molar-refractivity contribution in [2.75, 3.05) is 16.1 Å². The third-order valence-electron chi connectivity index (χ3n) is 4.96. The Morgan fingerprint density at radius 1 is 0.857 bits per heavy atom. The summed E-state index contributed by atoms with van der Waals surface area (Å²) in [6.45, 7) is 4.07. The van der Waals surface area contributed by atoms with Crippen molar-refractivity contribution in [1.82, 2.24) is 15.0 Å². The lowest BCUT2D eigenvalue weighted by molar-refractivity contribution is -0.384. The quantitative estimate of drug-likeness (QED) is 0.141. The van der Waals surface area contributed by atoms with Crippen LogP contribution in [0.25, 0.3) is 0 Å². The molecule has 0 amide bonds. The summed E-state index contributed by atoms with van der Waals surface area (Å²) in [5.41, 5.74) is 7.43. The van der Waals surface area contributed by atoms with Crippen molar-refractivity contribution in [2.45, 2.75) is 13.8 Å². The molecule has 3 N–H and O–H groups in total. The monoisotopic (exact) mass is 532 g/mol. The maximum Gasteiger partial charge on any atom is 0.269 e. The minimum Gasteiger partial charge on any atom is -0.324 e. The number of hydrogen-bond donors (Lipinski definition) is 3. The molecule has 176 valence electrons. The van der Waals surface area contributed by atoms with Crippen LogP contribution in [0.15, 0.2) is 76.3 Å². The lowest BCUT2D eigenvalue weighted by Crippen LogP contribution is -2.07. The molecule has 0 unspecified atom stereocenters. The average Bonchev–Trinajstić information content (AvgIpc) is 2.82. The number of non-ortho nitro benzene ring substituents is 1. The number of nitrogens with zero attached hydrogens (tertiary/aromatic N) is 5. The molecule has 1 heterocycles. The van der Waals surface area contributed by atoms with E-state index in [1.54, 1.807) is 18.3 Å². The number of rotatable bonds is 8. The molecule has 0 aliphatic carbocycles. The average molecular weight is 533 g/mol. The third-order valence-corrected chi connectivity index (χ3v) is 5.45. The molecule has 35 heavy (non-hydrogen) atoms. The predicted molar refractivity (Wildman–Crippen MR) is 141 cm³/mol. The van der Waals surface area contributed by atoms with Gasteiger partial charge in [0.25, 0.3) is 5.69 Å². The maximum atomic E-state index is 10.9. The highest BCUT2D eigenvalue weighted by atomic mass is 79.9. The lowest BCUT2D eigenvalue weighted by atomic mass is 10.1. The first-order valence-electron chi connectivity index (χ1n) is 10.5. The van der Waals surface area contributed by atoms with Gasteiger partial charge in [-0.15, -0.1) is 0 Å². The van der Waals surface area contributed by atoms with Gasteiger partial charge in [0.1, 0.15) is 0 Å². The maximum absolute atomic E-state index is 10.9. The number of anilines is 5. The van der Waals surface area contributed by atoms with Gasteiger partial charge >= 0.3 is 0 Å². The summed E-state index contributed by atoms with van der Waals surface area (Å²) in [5, 5.41) is 21.4. The Morgan fingerprint density at radius 3 is 2.17 bits per heavy atom. The number of nitro groups is 1. The Kier molecular flexibility index (Phi) is 7.27. The first-order valence-corrected chi connectivity index (χ1v) is 11.3. The predicted octanol–water partition coefficient (Wildman–Crippen LogP) is 6.09. The summed E-state index contributed by atoms with van der Waals surface area (Å²) in [7, 11) is 0. The fraction of sp³-hybridized carbons (Fsp3) is 0.0833. The van der Waals surface area contributed by atoms with E-state index < -0.39 is 4.92 Å². The topological polar surface area (TPSA) is 130 Å². The molecule has 4 rings (SSSR count). The van der Waals surface area contributed by atoms with Gasteiger partial charge in [0.15, 0.2) is 0 Å². The van der Waals surface area contributed by atoms with Crippen molar-refractivity contribution in [1.29, 1.82) is 0 Å². The van der Waals surface area contributed by atoms with Crippen LogP contribution in [0.3, 0.4) is 0 Å². The highest BCUT2D eigenvalue weighted by molar-refractivity contribution is 9.10. The number of halogens is 1. The minimum atomic E-state index is -0.455. The second-order valence-corrected chi connectivity index (χ2v) is 8.50. The number of hydrogen-bond acceptors (Lipinski definition) is 9. The molecule has 10 nitrogen and oxygen atoms in total. The zero-order chi connectivity index (χ0) is 24.8. The molecule has 0 fully saturated rings. The van der Waals surface area contributed by atoms with Crippen LogP contribution < -0.4 is 16.1 Å². The summed E-state index contributed by atoms with van der Waals surface area (Å²) in [4.78, 5) is 23.7. The number of nitro benzene ring substituents is 1. The summed E-state index contributed by atoms with van der Waals surface area (Å²) in [5.74, 6) is 0.746. The molecule has 0 radical (unpaired) electrons. The van der Waals surface area contributed by atoms with Gasteiger partial charge < -0.3 is 10.6 Å². The van der Waals surface area contributed by atoms with E-state index >= 15 is 0 Å². The molecule has 1 aromatic heterocycles. The number of hydrazone groups is 1. The summed E-state index contributed by atoms with van der Waals surface area (Å²) in [6.07, 6.45) is 1.65. The molecular formula is C24H21BrN8O2. The molecule has 0 bridgehead atoms. The lowest BCUT2D eigenvalue weighted by Gasteiger charge is -2.11. The van der Waals surface area contributed by atoms with E-state index in [1.165, 1.54) is 17.7 Å². The molecule has 11 heteroatoms.